The van der Waals surface area contributed by atoms with Gasteiger partial charge in [0.25, 0.3) is 0 Å². The summed E-state index contributed by atoms with van der Waals surface area (Å²) in [5, 5.41) is 0. The fraction of sp³-hybridized carbons (Fsp3) is 0.571. The number of hydrogen-bond acceptors (Lipinski definition) is 1. The van der Waals surface area contributed by atoms with Gasteiger partial charge in [0.05, 0.1) is 6.61 Å². The summed E-state index contributed by atoms with van der Waals surface area (Å²) in [5.74, 6) is 1.71. The first-order chi connectivity index (χ1) is 7.76. The van der Waals surface area contributed by atoms with Crippen molar-refractivity contribution in [2.75, 3.05) is 6.61 Å². The summed E-state index contributed by atoms with van der Waals surface area (Å²) in [6.45, 7) is 5.35. The minimum absolute atomic E-state index is 0.709. The van der Waals surface area contributed by atoms with E-state index in [1.807, 2.05) is 0 Å². The first-order valence-electron chi connectivity index (χ1n) is 6.45. The summed E-state index contributed by atoms with van der Waals surface area (Å²) in [6, 6.07) is 8.31. The first kappa shape index (κ1) is 13.2. The molecular weight excluding hydrogens is 195 g/mol. The van der Waals surface area contributed by atoms with E-state index in [0.29, 0.717) is 5.92 Å². The van der Waals surface area contributed by atoms with E-state index >= 15 is 0 Å². The Morgan fingerprint density at radius 3 is 2.44 bits per heavy atom. The Bertz CT molecular complexity index is 281. The van der Waals surface area contributed by atoms with Gasteiger partial charge in [-0.2, -0.15) is 0 Å². The molecule has 0 aliphatic rings. The third-order valence-corrected chi connectivity index (χ3v) is 3.05. The average Bonchev–Trinajstić information content (AvgIpc) is 2.32. The van der Waals surface area contributed by atoms with Crippen LogP contribution in [0.5, 0.6) is 5.75 Å². The molecule has 0 amide bonds. The summed E-state index contributed by atoms with van der Waals surface area (Å²) < 4.78 is 5.81. The van der Waals surface area contributed by atoms with Crippen LogP contribution >= 0.6 is 0 Å². The van der Waals surface area contributed by atoms with Crippen molar-refractivity contribution < 1.29 is 4.74 Å². The van der Waals surface area contributed by atoms with Crippen LogP contribution in [-0.4, -0.2) is 14.5 Å². The second kappa shape index (κ2) is 7.37. The standard InChI is InChI=1S/C14H23BO/c1-3-5-6-12(4-2)11-16-14-9-7-13(15)8-10-14/h7-10,12H,3-6,11,15H2,1-2H3. The number of rotatable bonds is 7. The second-order valence-corrected chi connectivity index (χ2v) is 4.54. The Morgan fingerprint density at radius 1 is 1.19 bits per heavy atom. The van der Waals surface area contributed by atoms with Gasteiger partial charge in [0.2, 0.25) is 0 Å². The van der Waals surface area contributed by atoms with E-state index in [9.17, 15) is 0 Å². The van der Waals surface area contributed by atoms with Crippen LogP contribution in [0.25, 0.3) is 0 Å². The molecule has 0 heterocycles. The number of unbranched alkanes of at least 4 members (excludes halogenated alkanes) is 1. The van der Waals surface area contributed by atoms with Crippen molar-refractivity contribution in [2.24, 2.45) is 5.92 Å². The monoisotopic (exact) mass is 218 g/mol. The van der Waals surface area contributed by atoms with Crippen molar-refractivity contribution in [2.45, 2.75) is 39.5 Å². The minimum Gasteiger partial charge on any atom is -0.493 e. The molecule has 0 aliphatic heterocycles. The highest BCUT2D eigenvalue weighted by molar-refractivity contribution is 6.32. The summed E-state index contributed by atoms with van der Waals surface area (Å²) >= 11 is 0. The summed E-state index contributed by atoms with van der Waals surface area (Å²) in [6.07, 6.45) is 5.10. The molecule has 16 heavy (non-hydrogen) atoms. The lowest BCUT2D eigenvalue weighted by atomic mass is 9.97. The number of ether oxygens (including phenoxy) is 1. The van der Waals surface area contributed by atoms with Gasteiger partial charge in [0.15, 0.2) is 0 Å². The normalized spacial score (nSPS) is 12.4. The van der Waals surface area contributed by atoms with E-state index in [0.717, 1.165) is 12.4 Å². The molecule has 2 heteroatoms. The molecule has 1 aromatic carbocycles. The molecule has 0 saturated carbocycles. The first-order valence-corrected chi connectivity index (χ1v) is 6.45. The van der Waals surface area contributed by atoms with E-state index in [-0.39, 0.29) is 0 Å². The Labute approximate surface area is 101 Å². The van der Waals surface area contributed by atoms with Crippen LogP contribution in [0.15, 0.2) is 24.3 Å². The predicted octanol–water partition coefficient (Wildman–Crippen LogP) is 2.54. The number of hydrogen-bond donors (Lipinski definition) is 0. The fourth-order valence-electron chi connectivity index (χ4n) is 1.75. The predicted molar refractivity (Wildman–Crippen MR) is 73.4 cm³/mol. The van der Waals surface area contributed by atoms with Gasteiger partial charge in [-0.25, -0.2) is 0 Å². The maximum absolute atomic E-state index is 5.81. The molecule has 0 radical (unpaired) electrons. The van der Waals surface area contributed by atoms with Crippen molar-refractivity contribution >= 4 is 13.3 Å². The van der Waals surface area contributed by atoms with Gasteiger partial charge in [0, 0.05) is 0 Å². The van der Waals surface area contributed by atoms with Gasteiger partial charge in [-0.1, -0.05) is 50.7 Å². The molecule has 0 bridgehead atoms. The quantitative estimate of drug-likeness (QED) is 0.639. The molecule has 1 rings (SSSR count). The largest absolute Gasteiger partial charge is 0.493 e. The molecule has 0 fully saturated rings. The second-order valence-electron chi connectivity index (χ2n) is 4.54. The third kappa shape index (κ3) is 4.74. The van der Waals surface area contributed by atoms with Crippen molar-refractivity contribution in [1.82, 2.24) is 0 Å². The zero-order valence-corrected chi connectivity index (χ0v) is 10.8. The molecule has 1 aromatic rings. The molecular formula is C14H23BO. The van der Waals surface area contributed by atoms with Gasteiger partial charge < -0.3 is 4.74 Å². The maximum Gasteiger partial charge on any atom is 0.139 e. The van der Waals surface area contributed by atoms with Crippen LogP contribution < -0.4 is 10.2 Å². The summed E-state index contributed by atoms with van der Waals surface area (Å²) in [5.41, 5.74) is 1.28. The van der Waals surface area contributed by atoms with Crippen LogP contribution in [0.4, 0.5) is 0 Å². The molecule has 0 N–H and O–H groups in total. The minimum atomic E-state index is 0.709. The summed E-state index contributed by atoms with van der Waals surface area (Å²) in [7, 11) is 2.10. The van der Waals surface area contributed by atoms with Crippen molar-refractivity contribution in [1.29, 1.82) is 0 Å². The van der Waals surface area contributed by atoms with Crippen molar-refractivity contribution in [3.8, 4) is 5.75 Å². The van der Waals surface area contributed by atoms with E-state index < -0.39 is 0 Å². The number of benzene rings is 1. The molecule has 0 aromatic heterocycles. The van der Waals surface area contributed by atoms with E-state index in [4.69, 9.17) is 4.74 Å². The Hall–Kier alpha value is -0.915. The van der Waals surface area contributed by atoms with Crippen molar-refractivity contribution in [3.63, 3.8) is 0 Å². The molecule has 0 spiro atoms. The summed E-state index contributed by atoms with van der Waals surface area (Å²) in [4.78, 5) is 0. The van der Waals surface area contributed by atoms with E-state index in [2.05, 4.69) is 46.0 Å². The van der Waals surface area contributed by atoms with E-state index in [1.165, 1.54) is 31.1 Å². The van der Waals surface area contributed by atoms with Gasteiger partial charge in [-0.05, 0) is 24.5 Å². The SMILES string of the molecule is Bc1ccc(OCC(CC)CCCC)cc1. The zero-order valence-electron chi connectivity index (χ0n) is 10.8. The average molecular weight is 218 g/mol. The highest BCUT2D eigenvalue weighted by Gasteiger charge is 2.06. The van der Waals surface area contributed by atoms with Crippen LogP contribution in [0, 0.1) is 5.92 Å². The van der Waals surface area contributed by atoms with Crippen LogP contribution in [0.2, 0.25) is 0 Å². The lowest BCUT2D eigenvalue weighted by Crippen LogP contribution is -2.11. The fourth-order valence-corrected chi connectivity index (χ4v) is 1.75. The zero-order chi connectivity index (χ0) is 11.8. The van der Waals surface area contributed by atoms with Crippen LogP contribution in [0.1, 0.15) is 39.5 Å². The molecule has 0 aliphatic carbocycles. The van der Waals surface area contributed by atoms with Crippen LogP contribution in [0.3, 0.4) is 0 Å². The molecule has 88 valence electrons. The molecule has 1 nitrogen and oxygen atoms in total. The highest BCUT2D eigenvalue weighted by atomic mass is 16.5. The maximum atomic E-state index is 5.81. The van der Waals surface area contributed by atoms with Gasteiger partial charge in [0.1, 0.15) is 13.6 Å². The third-order valence-electron chi connectivity index (χ3n) is 3.05. The lowest BCUT2D eigenvalue weighted by Gasteiger charge is -2.15. The van der Waals surface area contributed by atoms with E-state index in [1.54, 1.807) is 0 Å². The lowest BCUT2D eigenvalue weighted by molar-refractivity contribution is 0.233. The molecule has 1 atom stereocenters. The molecule has 0 saturated heterocycles. The molecule has 1 unspecified atom stereocenters. The topological polar surface area (TPSA) is 9.23 Å². The Morgan fingerprint density at radius 2 is 1.88 bits per heavy atom. The Kier molecular flexibility index (Phi) is 6.06. The van der Waals surface area contributed by atoms with Gasteiger partial charge in [-0.3, -0.25) is 0 Å². The smallest absolute Gasteiger partial charge is 0.139 e. The van der Waals surface area contributed by atoms with Gasteiger partial charge >= 0.3 is 0 Å². The highest BCUT2D eigenvalue weighted by Crippen LogP contribution is 2.15. The van der Waals surface area contributed by atoms with Crippen LogP contribution in [-0.2, 0) is 0 Å². The Balaban J connectivity index is 2.34. The van der Waals surface area contributed by atoms with Crippen molar-refractivity contribution in [3.05, 3.63) is 24.3 Å². The van der Waals surface area contributed by atoms with Gasteiger partial charge in [-0.15, -0.1) is 0 Å².